The largest absolute Gasteiger partial charge is 0.444 e. The van der Waals surface area contributed by atoms with Crippen molar-refractivity contribution >= 4 is 41.0 Å². The summed E-state index contributed by atoms with van der Waals surface area (Å²) < 4.78 is 5.46. The Bertz CT molecular complexity index is 829. The highest BCUT2D eigenvalue weighted by atomic mass is 35.5. The van der Waals surface area contributed by atoms with Gasteiger partial charge in [-0.05, 0) is 64.7 Å². The van der Waals surface area contributed by atoms with Crippen molar-refractivity contribution in [1.82, 2.24) is 9.80 Å². The van der Waals surface area contributed by atoms with Crippen LogP contribution in [0.25, 0.3) is 0 Å². The Balaban J connectivity index is 1.58. The molecule has 0 spiro atoms. The van der Waals surface area contributed by atoms with E-state index in [4.69, 9.17) is 27.9 Å². The Labute approximate surface area is 187 Å². The van der Waals surface area contributed by atoms with Gasteiger partial charge in [0, 0.05) is 31.1 Å². The van der Waals surface area contributed by atoms with Gasteiger partial charge in [0.15, 0.2) is 5.78 Å². The van der Waals surface area contributed by atoms with Crippen molar-refractivity contribution in [2.24, 2.45) is 5.92 Å². The van der Waals surface area contributed by atoms with E-state index in [9.17, 15) is 14.4 Å². The Morgan fingerprint density at radius 2 is 1.67 bits per heavy atom. The first-order chi connectivity index (χ1) is 14.1. The molecule has 2 heterocycles. The van der Waals surface area contributed by atoms with E-state index in [1.807, 2.05) is 20.8 Å². The lowest BCUT2D eigenvalue weighted by Gasteiger charge is -2.35. The molecule has 1 aromatic carbocycles. The molecule has 0 aromatic heterocycles. The molecule has 1 atom stereocenters. The van der Waals surface area contributed by atoms with Gasteiger partial charge >= 0.3 is 6.09 Å². The number of likely N-dealkylation sites (tertiary alicyclic amines) is 2. The van der Waals surface area contributed by atoms with Crippen LogP contribution in [-0.2, 0) is 9.53 Å². The molecule has 2 saturated heterocycles. The molecular formula is C22H28Cl2N2O4. The number of rotatable bonds is 3. The van der Waals surface area contributed by atoms with Crippen molar-refractivity contribution in [3.63, 3.8) is 0 Å². The zero-order chi connectivity index (χ0) is 22.1. The van der Waals surface area contributed by atoms with Gasteiger partial charge in [-0.3, -0.25) is 14.5 Å². The van der Waals surface area contributed by atoms with Crippen LogP contribution in [0.15, 0.2) is 18.2 Å². The lowest BCUT2D eigenvalue weighted by atomic mass is 9.88. The van der Waals surface area contributed by atoms with Gasteiger partial charge in [0.2, 0.25) is 5.91 Å². The molecule has 164 valence electrons. The number of carbonyl (C=O) groups is 3. The molecule has 0 radical (unpaired) electrons. The highest BCUT2D eigenvalue weighted by Gasteiger charge is 2.40. The lowest BCUT2D eigenvalue weighted by molar-refractivity contribution is -0.137. The number of Topliss-reactive ketones (excluding diaryl/α,β-unsaturated/α-hetero) is 1. The quantitative estimate of drug-likeness (QED) is 0.614. The summed E-state index contributed by atoms with van der Waals surface area (Å²) >= 11 is 12.0. The van der Waals surface area contributed by atoms with Gasteiger partial charge in [0.05, 0.1) is 10.0 Å². The molecule has 1 aromatic rings. The average molecular weight is 455 g/mol. The van der Waals surface area contributed by atoms with Crippen LogP contribution < -0.4 is 0 Å². The summed E-state index contributed by atoms with van der Waals surface area (Å²) in [5.74, 6) is -0.187. The average Bonchev–Trinajstić information content (AvgIpc) is 3.18. The van der Waals surface area contributed by atoms with Crippen molar-refractivity contribution in [3.05, 3.63) is 33.8 Å². The van der Waals surface area contributed by atoms with Crippen LogP contribution >= 0.6 is 23.2 Å². The summed E-state index contributed by atoms with van der Waals surface area (Å²) in [5, 5.41) is 0.776. The predicted octanol–water partition coefficient (Wildman–Crippen LogP) is 4.81. The highest BCUT2D eigenvalue weighted by Crippen LogP contribution is 2.29. The molecule has 0 saturated carbocycles. The molecule has 0 aliphatic carbocycles. The summed E-state index contributed by atoms with van der Waals surface area (Å²) in [7, 11) is 0. The van der Waals surface area contributed by atoms with E-state index in [0.717, 1.165) is 6.42 Å². The van der Waals surface area contributed by atoms with E-state index in [2.05, 4.69) is 0 Å². The van der Waals surface area contributed by atoms with Crippen molar-refractivity contribution < 1.29 is 19.1 Å². The number of hydrogen-bond acceptors (Lipinski definition) is 4. The molecular weight excluding hydrogens is 427 g/mol. The number of halogens is 2. The summed E-state index contributed by atoms with van der Waals surface area (Å²) in [4.78, 5) is 41.7. The fourth-order valence-corrected chi connectivity index (χ4v) is 4.32. The summed E-state index contributed by atoms with van der Waals surface area (Å²) in [6.45, 7) is 6.95. The Morgan fingerprint density at radius 1 is 1.00 bits per heavy atom. The monoisotopic (exact) mass is 454 g/mol. The van der Waals surface area contributed by atoms with Crippen LogP contribution in [0, 0.1) is 5.92 Å². The first kappa shape index (κ1) is 22.9. The van der Waals surface area contributed by atoms with Crippen molar-refractivity contribution in [2.75, 3.05) is 19.6 Å². The fraction of sp³-hybridized carbons (Fsp3) is 0.591. The third-order valence-corrected chi connectivity index (χ3v) is 6.29. The highest BCUT2D eigenvalue weighted by molar-refractivity contribution is 6.42. The number of ether oxygens (including phenoxy) is 1. The molecule has 0 unspecified atom stereocenters. The molecule has 2 amide bonds. The van der Waals surface area contributed by atoms with Gasteiger partial charge in [-0.15, -0.1) is 0 Å². The second-order valence-corrected chi connectivity index (χ2v) is 9.74. The van der Waals surface area contributed by atoms with Crippen LogP contribution in [0.2, 0.25) is 10.0 Å². The van der Waals surface area contributed by atoms with Crippen LogP contribution in [0.5, 0.6) is 0 Å². The second kappa shape index (κ2) is 9.15. The zero-order valence-corrected chi connectivity index (χ0v) is 19.1. The number of hydrogen-bond donors (Lipinski definition) is 0. The number of carbonyl (C=O) groups excluding carboxylic acids is 3. The number of amides is 2. The smallest absolute Gasteiger partial charge is 0.410 e. The zero-order valence-electron chi connectivity index (χ0n) is 17.6. The number of ketones is 1. The van der Waals surface area contributed by atoms with Crippen LogP contribution in [-0.4, -0.2) is 58.9 Å². The maximum Gasteiger partial charge on any atom is 0.410 e. The third-order valence-electron chi connectivity index (χ3n) is 5.55. The molecule has 0 bridgehead atoms. The second-order valence-electron chi connectivity index (χ2n) is 8.92. The van der Waals surface area contributed by atoms with Gasteiger partial charge in [0.1, 0.15) is 11.6 Å². The number of benzene rings is 1. The third kappa shape index (κ3) is 5.27. The van der Waals surface area contributed by atoms with Crippen LogP contribution in [0.4, 0.5) is 4.79 Å². The summed E-state index contributed by atoms with van der Waals surface area (Å²) in [6, 6.07) is 4.43. The van der Waals surface area contributed by atoms with Gasteiger partial charge in [-0.1, -0.05) is 23.2 Å². The SMILES string of the molecule is CC(C)(C)OC(=O)N1CCC[C@H]1C(=O)N1CCC(C(=O)c2ccc(Cl)c(Cl)c2)CC1. The normalized spacial score (nSPS) is 20.4. The van der Waals surface area contributed by atoms with E-state index in [-0.39, 0.29) is 17.6 Å². The summed E-state index contributed by atoms with van der Waals surface area (Å²) in [6.07, 6.45) is 2.15. The molecule has 30 heavy (non-hydrogen) atoms. The Morgan fingerprint density at radius 3 is 2.27 bits per heavy atom. The minimum Gasteiger partial charge on any atom is -0.444 e. The van der Waals surface area contributed by atoms with E-state index >= 15 is 0 Å². The molecule has 0 N–H and O–H groups in total. The first-order valence-corrected chi connectivity index (χ1v) is 11.1. The van der Waals surface area contributed by atoms with Crippen LogP contribution in [0.3, 0.4) is 0 Å². The number of nitrogens with zero attached hydrogens (tertiary/aromatic N) is 2. The molecule has 6 nitrogen and oxygen atoms in total. The standard InChI is InChI=1S/C22H28Cl2N2O4/c1-22(2,3)30-21(29)26-10-4-5-18(26)20(28)25-11-8-14(9-12-25)19(27)15-6-7-16(23)17(24)13-15/h6-7,13-14,18H,4-5,8-12H2,1-3H3/t18-/m0/s1. The van der Waals surface area contributed by atoms with E-state index in [0.29, 0.717) is 54.5 Å². The maximum absolute atomic E-state index is 13.1. The molecule has 8 heteroatoms. The lowest BCUT2D eigenvalue weighted by Crippen LogP contribution is -2.51. The molecule has 2 aliphatic rings. The predicted molar refractivity (Wildman–Crippen MR) is 116 cm³/mol. The molecule has 2 aliphatic heterocycles. The molecule has 2 fully saturated rings. The van der Waals surface area contributed by atoms with Crippen LogP contribution in [0.1, 0.15) is 56.8 Å². The minimum absolute atomic E-state index is 0.0249. The van der Waals surface area contributed by atoms with Crippen molar-refractivity contribution in [3.8, 4) is 0 Å². The van der Waals surface area contributed by atoms with Gasteiger partial charge < -0.3 is 9.64 Å². The van der Waals surface area contributed by atoms with Crippen molar-refractivity contribution in [1.29, 1.82) is 0 Å². The van der Waals surface area contributed by atoms with E-state index < -0.39 is 17.7 Å². The van der Waals surface area contributed by atoms with E-state index in [1.165, 1.54) is 0 Å². The number of piperidine rings is 1. The van der Waals surface area contributed by atoms with Gasteiger partial charge in [-0.25, -0.2) is 4.79 Å². The summed E-state index contributed by atoms with van der Waals surface area (Å²) in [5.41, 5.74) is -0.0580. The van der Waals surface area contributed by atoms with E-state index in [1.54, 1.807) is 28.0 Å². The minimum atomic E-state index is -0.601. The van der Waals surface area contributed by atoms with Crippen molar-refractivity contribution in [2.45, 2.75) is 58.1 Å². The Hall–Kier alpha value is -1.79. The van der Waals surface area contributed by atoms with Gasteiger partial charge in [-0.2, -0.15) is 0 Å². The fourth-order valence-electron chi connectivity index (χ4n) is 4.02. The molecule has 3 rings (SSSR count). The van der Waals surface area contributed by atoms with Gasteiger partial charge in [0.25, 0.3) is 0 Å². The Kier molecular flexibility index (Phi) is 6.98. The first-order valence-electron chi connectivity index (χ1n) is 10.3. The topological polar surface area (TPSA) is 66.9 Å². The maximum atomic E-state index is 13.1.